The highest BCUT2D eigenvalue weighted by molar-refractivity contribution is 6.29. The smallest absolute Gasteiger partial charge is 0.134 e. The SMILES string of the molecule is CC(C)CN(CC(C)C)c1cc(Cl)ncn1. The Morgan fingerprint density at radius 3 is 2.12 bits per heavy atom. The van der Waals surface area contributed by atoms with Gasteiger partial charge in [-0.15, -0.1) is 0 Å². The predicted octanol–water partition coefficient (Wildman–Crippen LogP) is 3.25. The van der Waals surface area contributed by atoms with Crippen LogP contribution in [0.5, 0.6) is 0 Å². The molecular formula is C12H20ClN3. The lowest BCUT2D eigenvalue weighted by Crippen LogP contribution is -2.32. The van der Waals surface area contributed by atoms with E-state index in [1.807, 2.05) is 6.07 Å². The van der Waals surface area contributed by atoms with E-state index in [0.29, 0.717) is 17.0 Å². The van der Waals surface area contributed by atoms with Gasteiger partial charge in [0.15, 0.2) is 0 Å². The van der Waals surface area contributed by atoms with Gasteiger partial charge in [0.05, 0.1) is 0 Å². The summed E-state index contributed by atoms with van der Waals surface area (Å²) in [6.45, 7) is 10.8. The molecule has 4 heteroatoms. The van der Waals surface area contributed by atoms with Crippen LogP contribution in [0.2, 0.25) is 5.15 Å². The summed E-state index contributed by atoms with van der Waals surface area (Å²) in [7, 11) is 0. The summed E-state index contributed by atoms with van der Waals surface area (Å²) in [5.74, 6) is 2.13. The van der Waals surface area contributed by atoms with Gasteiger partial charge in [-0.1, -0.05) is 39.3 Å². The summed E-state index contributed by atoms with van der Waals surface area (Å²) in [6, 6.07) is 1.83. The highest BCUT2D eigenvalue weighted by Crippen LogP contribution is 2.17. The van der Waals surface area contributed by atoms with Gasteiger partial charge < -0.3 is 4.90 Å². The minimum absolute atomic E-state index is 0.502. The third kappa shape index (κ3) is 4.35. The van der Waals surface area contributed by atoms with Crippen LogP contribution in [0.25, 0.3) is 0 Å². The van der Waals surface area contributed by atoms with Gasteiger partial charge in [-0.2, -0.15) is 0 Å². The molecule has 0 aromatic carbocycles. The summed E-state index contributed by atoms with van der Waals surface area (Å²) >= 11 is 5.88. The molecule has 0 N–H and O–H groups in total. The quantitative estimate of drug-likeness (QED) is 0.741. The van der Waals surface area contributed by atoms with Crippen molar-refractivity contribution in [1.82, 2.24) is 9.97 Å². The maximum Gasteiger partial charge on any atom is 0.134 e. The second-order valence-corrected chi connectivity index (χ2v) is 5.28. The number of anilines is 1. The Kier molecular flexibility index (Phi) is 5.00. The second-order valence-electron chi connectivity index (χ2n) is 4.89. The molecule has 0 amide bonds. The van der Waals surface area contributed by atoms with E-state index in [0.717, 1.165) is 18.9 Å². The molecule has 3 nitrogen and oxygen atoms in total. The number of halogens is 1. The Bertz CT molecular complexity index is 316. The van der Waals surface area contributed by atoms with E-state index >= 15 is 0 Å². The van der Waals surface area contributed by atoms with Crippen LogP contribution in [0.1, 0.15) is 27.7 Å². The summed E-state index contributed by atoms with van der Waals surface area (Å²) in [4.78, 5) is 10.5. The van der Waals surface area contributed by atoms with Crippen LogP contribution in [-0.4, -0.2) is 23.1 Å². The number of hydrogen-bond acceptors (Lipinski definition) is 3. The maximum atomic E-state index is 5.88. The van der Waals surface area contributed by atoms with Crippen molar-refractivity contribution in [3.8, 4) is 0 Å². The van der Waals surface area contributed by atoms with Gasteiger partial charge in [-0.25, -0.2) is 9.97 Å². The summed E-state index contributed by atoms with van der Waals surface area (Å²) < 4.78 is 0. The Hall–Kier alpha value is -0.830. The number of aromatic nitrogens is 2. The van der Waals surface area contributed by atoms with Crippen LogP contribution < -0.4 is 4.90 Å². The first-order valence-corrected chi connectivity index (χ1v) is 6.09. The largest absolute Gasteiger partial charge is 0.356 e. The Balaban J connectivity index is 2.82. The molecule has 0 radical (unpaired) electrons. The predicted molar refractivity (Wildman–Crippen MR) is 68.9 cm³/mol. The Morgan fingerprint density at radius 1 is 1.12 bits per heavy atom. The molecule has 1 heterocycles. The first-order chi connectivity index (χ1) is 7.49. The van der Waals surface area contributed by atoms with Crippen LogP contribution in [0, 0.1) is 11.8 Å². The van der Waals surface area contributed by atoms with Gasteiger partial charge in [0.1, 0.15) is 17.3 Å². The molecule has 0 atom stereocenters. The number of rotatable bonds is 5. The Labute approximate surface area is 103 Å². The molecule has 0 aliphatic rings. The molecule has 1 aromatic heterocycles. The van der Waals surface area contributed by atoms with Crippen LogP contribution in [-0.2, 0) is 0 Å². The van der Waals surface area contributed by atoms with Crippen molar-refractivity contribution in [2.75, 3.05) is 18.0 Å². The first-order valence-electron chi connectivity index (χ1n) is 5.71. The molecule has 0 unspecified atom stereocenters. The lowest BCUT2D eigenvalue weighted by atomic mass is 10.1. The number of nitrogens with zero attached hydrogens (tertiary/aromatic N) is 3. The molecule has 0 aliphatic carbocycles. The topological polar surface area (TPSA) is 29.0 Å². The highest BCUT2D eigenvalue weighted by atomic mass is 35.5. The van der Waals surface area contributed by atoms with E-state index in [-0.39, 0.29) is 0 Å². The lowest BCUT2D eigenvalue weighted by molar-refractivity contribution is 0.548. The molecule has 0 saturated heterocycles. The Morgan fingerprint density at radius 2 is 1.69 bits per heavy atom. The molecule has 0 spiro atoms. The molecule has 16 heavy (non-hydrogen) atoms. The summed E-state index contributed by atoms with van der Waals surface area (Å²) in [5, 5.41) is 0.502. The van der Waals surface area contributed by atoms with Crippen LogP contribution >= 0.6 is 11.6 Å². The fourth-order valence-electron chi connectivity index (χ4n) is 1.64. The molecule has 0 fully saturated rings. The second kappa shape index (κ2) is 6.04. The van der Waals surface area contributed by atoms with E-state index < -0.39 is 0 Å². The van der Waals surface area contributed by atoms with Crippen molar-refractivity contribution >= 4 is 17.4 Å². The molecule has 1 rings (SSSR count). The first kappa shape index (κ1) is 13.2. The van der Waals surface area contributed by atoms with Crippen LogP contribution in [0.3, 0.4) is 0 Å². The molecule has 0 bridgehead atoms. The standard InChI is InChI=1S/C12H20ClN3/c1-9(2)6-16(7-10(3)4)12-5-11(13)14-8-15-12/h5,8-10H,6-7H2,1-4H3. The molecular weight excluding hydrogens is 222 g/mol. The summed E-state index contributed by atoms with van der Waals surface area (Å²) in [5.41, 5.74) is 0. The fraction of sp³-hybridized carbons (Fsp3) is 0.667. The third-order valence-electron chi connectivity index (χ3n) is 2.11. The van der Waals surface area contributed by atoms with Gasteiger partial charge in [-0.05, 0) is 11.8 Å². The van der Waals surface area contributed by atoms with Crippen LogP contribution in [0.4, 0.5) is 5.82 Å². The van der Waals surface area contributed by atoms with Gasteiger partial charge in [-0.3, -0.25) is 0 Å². The van der Waals surface area contributed by atoms with Crippen LogP contribution in [0.15, 0.2) is 12.4 Å². The van der Waals surface area contributed by atoms with Crippen molar-refractivity contribution in [1.29, 1.82) is 0 Å². The third-order valence-corrected chi connectivity index (χ3v) is 2.32. The monoisotopic (exact) mass is 241 g/mol. The van der Waals surface area contributed by atoms with Crippen molar-refractivity contribution in [2.24, 2.45) is 11.8 Å². The van der Waals surface area contributed by atoms with E-state index in [4.69, 9.17) is 11.6 Å². The normalized spacial score (nSPS) is 11.2. The van der Waals surface area contributed by atoms with Crippen molar-refractivity contribution < 1.29 is 0 Å². The average molecular weight is 242 g/mol. The minimum atomic E-state index is 0.502. The average Bonchev–Trinajstić information content (AvgIpc) is 2.15. The van der Waals surface area contributed by atoms with E-state index in [1.54, 1.807) is 0 Å². The zero-order chi connectivity index (χ0) is 12.1. The van der Waals surface area contributed by atoms with Crippen molar-refractivity contribution in [3.05, 3.63) is 17.5 Å². The molecule has 90 valence electrons. The van der Waals surface area contributed by atoms with Crippen molar-refractivity contribution in [3.63, 3.8) is 0 Å². The fourth-order valence-corrected chi connectivity index (χ4v) is 1.78. The van der Waals surface area contributed by atoms with Crippen molar-refractivity contribution in [2.45, 2.75) is 27.7 Å². The van der Waals surface area contributed by atoms with Gasteiger partial charge in [0, 0.05) is 19.2 Å². The number of hydrogen-bond donors (Lipinski definition) is 0. The minimum Gasteiger partial charge on any atom is -0.356 e. The molecule has 0 saturated carbocycles. The maximum absolute atomic E-state index is 5.88. The van der Waals surface area contributed by atoms with Gasteiger partial charge >= 0.3 is 0 Å². The van der Waals surface area contributed by atoms with E-state index in [2.05, 4.69) is 42.6 Å². The van der Waals surface area contributed by atoms with Gasteiger partial charge in [0.25, 0.3) is 0 Å². The molecule has 1 aromatic rings. The van der Waals surface area contributed by atoms with E-state index in [1.165, 1.54) is 6.33 Å². The van der Waals surface area contributed by atoms with Gasteiger partial charge in [0.2, 0.25) is 0 Å². The summed E-state index contributed by atoms with van der Waals surface area (Å²) in [6.07, 6.45) is 1.52. The zero-order valence-electron chi connectivity index (χ0n) is 10.4. The zero-order valence-corrected chi connectivity index (χ0v) is 11.2. The van der Waals surface area contributed by atoms with E-state index in [9.17, 15) is 0 Å². The highest BCUT2D eigenvalue weighted by Gasteiger charge is 2.12. The lowest BCUT2D eigenvalue weighted by Gasteiger charge is -2.27. The molecule has 0 aliphatic heterocycles.